The van der Waals surface area contributed by atoms with E-state index in [4.69, 9.17) is 4.74 Å². The lowest BCUT2D eigenvalue weighted by Gasteiger charge is -2.23. The van der Waals surface area contributed by atoms with E-state index in [1.165, 1.54) is 6.07 Å². The number of phenolic OH excluding ortho intramolecular Hbond substituents is 1. The summed E-state index contributed by atoms with van der Waals surface area (Å²) in [6.45, 7) is 10.2. The van der Waals surface area contributed by atoms with Gasteiger partial charge in [-0.1, -0.05) is 6.07 Å². The molecule has 0 spiro atoms. The molecule has 0 bridgehead atoms. The van der Waals surface area contributed by atoms with E-state index in [9.17, 15) is 15.0 Å². The topological polar surface area (TPSA) is 94.6 Å². The van der Waals surface area contributed by atoms with Gasteiger partial charge in [0.05, 0.1) is 18.2 Å². The Morgan fingerprint density at radius 2 is 2.00 bits per heavy atom. The van der Waals surface area contributed by atoms with Crippen molar-refractivity contribution in [2.45, 2.75) is 46.3 Å². The summed E-state index contributed by atoms with van der Waals surface area (Å²) in [5.41, 5.74) is 1.92. The number of halogens is 1. The van der Waals surface area contributed by atoms with Gasteiger partial charge in [0.1, 0.15) is 11.4 Å². The van der Waals surface area contributed by atoms with Gasteiger partial charge in [0.2, 0.25) is 0 Å². The van der Waals surface area contributed by atoms with Crippen molar-refractivity contribution in [3.05, 3.63) is 29.0 Å². The summed E-state index contributed by atoms with van der Waals surface area (Å²) in [6.07, 6.45) is -0.767. The van der Waals surface area contributed by atoms with Gasteiger partial charge in [0.25, 0.3) is 0 Å². The van der Waals surface area contributed by atoms with Crippen molar-refractivity contribution in [3.8, 4) is 5.75 Å². The zero-order valence-corrected chi connectivity index (χ0v) is 16.1. The summed E-state index contributed by atoms with van der Waals surface area (Å²) in [4.78, 5) is 15.0. The van der Waals surface area contributed by atoms with E-state index in [0.717, 1.165) is 0 Å². The summed E-state index contributed by atoms with van der Waals surface area (Å²) in [6, 6.07) is 3.20. The number of phenols is 1. The number of fused-ring (bicyclic) bond motifs is 1. The van der Waals surface area contributed by atoms with Gasteiger partial charge in [-0.05, 0) is 51.8 Å². The van der Waals surface area contributed by atoms with Crippen molar-refractivity contribution < 1.29 is 19.7 Å². The summed E-state index contributed by atoms with van der Waals surface area (Å²) >= 11 is 0. The maximum atomic E-state index is 12.1. The van der Waals surface area contributed by atoms with E-state index in [-0.39, 0.29) is 30.3 Å². The van der Waals surface area contributed by atoms with Gasteiger partial charge >= 0.3 is 5.97 Å². The average Bonchev–Trinajstić information content (AvgIpc) is 2.84. The molecule has 1 aromatic heterocycles. The number of hydrogen-bond acceptors (Lipinski definition) is 5. The van der Waals surface area contributed by atoms with Crippen LogP contribution in [0.2, 0.25) is 0 Å². The predicted octanol–water partition coefficient (Wildman–Crippen LogP) is 3.20. The van der Waals surface area contributed by atoms with Crippen LogP contribution in [0.25, 0.3) is 10.9 Å². The van der Waals surface area contributed by atoms with Crippen molar-refractivity contribution in [1.29, 1.82) is 0 Å². The van der Waals surface area contributed by atoms with E-state index in [1.807, 2.05) is 20.8 Å². The molecule has 1 heterocycles. The third-order valence-electron chi connectivity index (χ3n) is 3.88. The van der Waals surface area contributed by atoms with Crippen LogP contribution >= 0.6 is 12.4 Å². The Morgan fingerprint density at radius 3 is 2.56 bits per heavy atom. The van der Waals surface area contributed by atoms with Crippen LogP contribution in [0.15, 0.2) is 12.1 Å². The Kier molecular flexibility index (Phi) is 6.88. The number of carbonyl (C=O) groups excluding carboxylic acids is 1. The van der Waals surface area contributed by atoms with Gasteiger partial charge in [-0.25, -0.2) is 4.79 Å². The molecule has 0 radical (unpaired) electrons. The molecule has 0 fully saturated rings. The minimum Gasteiger partial charge on any atom is -0.506 e. The SMILES string of the molecule is CCOC(=O)c1[nH]c2c(O)ccc(C(O)CNC(C)(C)C)c2c1C.Cl. The highest BCUT2D eigenvalue weighted by Gasteiger charge is 2.23. The second-order valence-corrected chi connectivity index (χ2v) is 6.92. The van der Waals surface area contributed by atoms with Gasteiger partial charge in [-0.3, -0.25) is 0 Å². The molecule has 4 N–H and O–H groups in total. The largest absolute Gasteiger partial charge is 0.506 e. The van der Waals surface area contributed by atoms with Crippen LogP contribution in [-0.2, 0) is 4.74 Å². The number of hydrogen-bond donors (Lipinski definition) is 4. The Morgan fingerprint density at radius 1 is 1.36 bits per heavy atom. The quantitative estimate of drug-likeness (QED) is 0.606. The predicted molar refractivity (Wildman–Crippen MR) is 101 cm³/mol. The highest BCUT2D eigenvalue weighted by Crippen LogP contribution is 2.34. The molecule has 140 valence electrons. The van der Waals surface area contributed by atoms with Crippen LogP contribution < -0.4 is 5.32 Å². The third-order valence-corrected chi connectivity index (χ3v) is 3.88. The molecule has 0 aliphatic carbocycles. The van der Waals surface area contributed by atoms with Gasteiger partial charge in [0.15, 0.2) is 0 Å². The molecule has 0 saturated heterocycles. The number of aliphatic hydroxyl groups is 1. The number of aromatic amines is 1. The summed E-state index contributed by atoms with van der Waals surface area (Å²) in [7, 11) is 0. The van der Waals surface area contributed by atoms with Crippen LogP contribution in [0.5, 0.6) is 5.75 Å². The summed E-state index contributed by atoms with van der Waals surface area (Å²) in [5.74, 6) is -0.442. The first-order valence-electron chi connectivity index (χ1n) is 8.10. The minimum atomic E-state index is -0.767. The number of aryl methyl sites for hydroxylation is 1. The monoisotopic (exact) mass is 370 g/mol. The number of benzene rings is 1. The number of esters is 1. The highest BCUT2D eigenvalue weighted by atomic mass is 35.5. The number of nitrogens with one attached hydrogen (secondary N) is 2. The lowest BCUT2D eigenvalue weighted by atomic mass is 9.99. The lowest BCUT2D eigenvalue weighted by molar-refractivity contribution is 0.0519. The molecule has 25 heavy (non-hydrogen) atoms. The van der Waals surface area contributed by atoms with Crippen LogP contribution in [0.4, 0.5) is 0 Å². The first-order valence-corrected chi connectivity index (χ1v) is 8.10. The highest BCUT2D eigenvalue weighted by molar-refractivity contribution is 6.01. The fourth-order valence-electron chi connectivity index (χ4n) is 2.68. The normalized spacial score (nSPS) is 12.7. The third kappa shape index (κ3) is 4.66. The molecule has 1 atom stereocenters. The zero-order chi connectivity index (χ0) is 18.1. The second kappa shape index (κ2) is 8.08. The molecular weight excluding hydrogens is 344 g/mol. The Bertz CT molecular complexity index is 750. The molecule has 2 rings (SSSR count). The summed E-state index contributed by atoms with van der Waals surface area (Å²) < 4.78 is 5.04. The van der Waals surface area contributed by atoms with Gasteiger partial charge < -0.3 is 25.3 Å². The summed E-state index contributed by atoms with van der Waals surface area (Å²) in [5, 5.41) is 24.6. The molecule has 2 aromatic rings. The molecule has 0 saturated carbocycles. The maximum Gasteiger partial charge on any atom is 0.355 e. The molecule has 1 aromatic carbocycles. The average molecular weight is 371 g/mol. The van der Waals surface area contributed by atoms with E-state index >= 15 is 0 Å². The van der Waals surface area contributed by atoms with Crippen molar-refractivity contribution >= 4 is 29.3 Å². The van der Waals surface area contributed by atoms with E-state index in [0.29, 0.717) is 34.3 Å². The number of rotatable bonds is 5. The van der Waals surface area contributed by atoms with Crippen molar-refractivity contribution in [1.82, 2.24) is 10.3 Å². The number of aromatic nitrogens is 1. The van der Waals surface area contributed by atoms with Crippen molar-refractivity contribution in [3.63, 3.8) is 0 Å². The van der Waals surface area contributed by atoms with E-state index in [1.54, 1.807) is 19.9 Å². The fraction of sp³-hybridized carbons (Fsp3) is 0.500. The Labute approximate surface area is 154 Å². The first kappa shape index (κ1) is 21.3. The van der Waals surface area contributed by atoms with Gasteiger partial charge in [0, 0.05) is 17.5 Å². The second-order valence-electron chi connectivity index (χ2n) is 6.92. The fourth-order valence-corrected chi connectivity index (χ4v) is 2.68. The standard InChI is InChI=1S/C18H26N2O4.ClH/c1-6-24-17(23)15-10(2)14-11(7-8-12(21)16(14)20-15)13(22)9-19-18(3,4)5;/h7-8,13,19-22H,6,9H2,1-5H3;1H. The van der Waals surface area contributed by atoms with Gasteiger partial charge in [-0.15, -0.1) is 12.4 Å². The van der Waals surface area contributed by atoms with Crippen LogP contribution in [0.1, 0.15) is 55.4 Å². The number of aromatic hydroxyl groups is 1. The Balaban J connectivity index is 0.00000312. The van der Waals surface area contributed by atoms with Crippen molar-refractivity contribution in [2.24, 2.45) is 0 Å². The van der Waals surface area contributed by atoms with Crippen LogP contribution in [-0.4, -0.2) is 39.9 Å². The minimum absolute atomic E-state index is 0. The zero-order valence-electron chi connectivity index (χ0n) is 15.3. The number of aliphatic hydroxyl groups excluding tert-OH is 1. The maximum absolute atomic E-state index is 12.1. The first-order chi connectivity index (χ1) is 11.2. The molecule has 0 aliphatic heterocycles. The molecule has 0 amide bonds. The number of H-pyrrole nitrogens is 1. The molecule has 0 aliphatic rings. The number of carbonyl (C=O) groups is 1. The van der Waals surface area contributed by atoms with E-state index < -0.39 is 12.1 Å². The molecule has 6 nitrogen and oxygen atoms in total. The number of ether oxygens (including phenoxy) is 1. The van der Waals surface area contributed by atoms with E-state index in [2.05, 4.69) is 10.3 Å². The molecular formula is C18H27ClN2O4. The molecule has 7 heteroatoms. The van der Waals surface area contributed by atoms with Crippen LogP contribution in [0.3, 0.4) is 0 Å². The lowest BCUT2D eigenvalue weighted by Crippen LogP contribution is -2.38. The van der Waals surface area contributed by atoms with Crippen molar-refractivity contribution in [2.75, 3.05) is 13.2 Å². The number of β-amino-alcohol motifs (C(OH)–C–C–N with tert-alkyl or cyclic N) is 1. The smallest absolute Gasteiger partial charge is 0.355 e. The Hall–Kier alpha value is -1.76. The molecule has 1 unspecified atom stereocenters. The van der Waals surface area contributed by atoms with Crippen LogP contribution in [0, 0.1) is 6.92 Å². The van der Waals surface area contributed by atoms with Gasteiger partial charge in [-0.2, -0.15) is 0 Å².